The van der Waals surface area contributed by atoms with Crippen LogP contribution in [0.15, 0.2) is 12.4 Å². The molecule has 0 aromatic carbocycles. The molecule has 4 N–H and O–H groups in total. The van der Waals surface area contributed by atoms with Gasteiger partial charge in [0, 0.05) is 23.7 Å². The van der Waals surface area contributed by atoms with Gasteiger partial charge in [-0.3, -0.25) is 0 Å². The van der Waals surface area contributed by atoms with Gasteiger partial charge in [-0.2, -0.15) is 0 Å². The first-order valence-electron chi connectivity index (χ1n) is 6.55. The third kappa shape index (κ3) is 2.97. The van der Waals surface area contributed by atoms with E-state index >= 15 is 0 Å². The van der Waals surface area contributed by atoms with Gasteiger partial charge in [-0.25, -0.2) is 9.97 Å². The van der Waals surface area contributed by atoms with Crippen LogP contribution >= 0.6 is 0 Å². The van der Waals surface area contributed by atoms with Crippen LogP contribution in [0.2, 0.25) is 0 Å². The summed E-state index contributed by atoms with van der Waals surface area (Å²) in [6.07, 6.45) is 3.59. The molecule has 0 saturated heterocycles. The van der Waals surface area contributed by atoms with E-state index < -0.39 is 0 Å². The van der Waals surface area contributed by atoms with Crippen LogP contribution in [0.25, 0.3) is 0 Å². The Labute approximate surface area is 108 Å². The summed E-state index contributed by atoms with van der Waals surface area (Å²) >= 11 is 0. The summed E-state index contributed by atoms with van der Waals surface area (Å²) in [4.78, 5) is 8.51. The van der Waals surface area contributed by atoms with Gasteiger partial charge in [-0.1, -0.05) is 13.8 Å². The summed E-state index contributed by atoms with van der Waals surface area (Å²) in [6.45, 7) is 4.24. The fraction of sp³-hybridized carbons (Fsp3) is 0.692. The standard InChI is InChI=1S/C13H22N4O/c1-8(2)12(6-18)17-13-5-11(15-7-16-13)9-3-10(14)4-9/h5,7-10,12,18H,3-4,6,14H2,1-2H3,(H,15,16,17)/t9?,10?,12-/m1/s1. The molecule has 0 amide bonds. The van der Waals surface area contributed by atoms with Crippen molar-refractivity contribution in [3.8, 4) is 0 Å². The molecule has 18 heavy (non-hydrogen) atoms. The lowest BCUT2D eigenvalue weighted by Crippen LogP contribution is -2.35. The molecular formula is C13H22N4O. The van der Waals surface area contributed by atoms with Gasteiger partial charge in [0.2, 0.25) is 0 Å². The second-order valence-electron chi connectivity index (χ2n) is 5.43. The summed E-state index contributed by atoms with van der Waals surface area (Å²) in [6, 6.07) is 2.32. The Morgan fingerprint density at radius 3 is 2.72 bits per heavy atom. The molecule has 0 radical (unpaired) electrons. The summed E-state index contributed by atoms with van der Waals surface area (Å²) in [7, 11) is 0. The zero-order chi connectivity index (χ0) is 13.1. The van der Waals surface area contributed by atoms with Crippen molar-refractivity contribution in [3.63, 3.8) is 0 Å². The van der Waals surface area contributed by atoms with Gasteiger partial charge in [0.1, 0.15) is 12.1 Å². The van der Waals surface area contributed by atoms with Crippen molar-refractivity contribution in [2.75, 3.05) is 11.9 Å². The Bertz CT molecular complexity index is 390. The van der Waals surface area contributed by atoms with Crippen molar-refractivity contribution in [1.82, 2.24) is 9.97 Å². The second-order valence-corrected chi connectivity index (χ2v) is 5.43. The van der Waals surface area contributed by atoms with Crippen LogP contribution in [0.4, 0.5) is 5.82 Å². The average molecular weight is 250 g/mol. The first-order chi connectivity index (χ1) is 8.60. The molecular weight excluding hydrogens is 228 g/mol. The maximum atomic E-state index is 9.31. The van der Waals surface area contributed by atoms with Gasteiger partial charge in [0.25, 0.3) is 0 Å². The lowest BCUT2D eigenvalue weighted by atomic mass is 9.78. The predicted molar refractivity (Wildman–Crippen MR) is 71.3 cm³/mol. The number of aliphatic hydroxyl groups excluding tert-OH is 1. The van der Waals surface area contributed by atoms with E-state index in [0.29, 0.717) is 17.9 Å². The van der Waals surface area contributed by atoms with E-state index in [2.05, 4.69) is 29.1 Å². The van der Waals surface area contributed by atoms with E-state index in [0.717, 1.165) is 24.4 Å². The summed E-state index contributed by atoms with van der Waals surface area (Å²) in [5.41, 5.74) is 6.84. The van der Waals surface area contributed by atoms with E-state index in [9.17, 15) is 5.11 Å². The lowest BCUT2D eigenvalue weighted by molar-refractivity contribution is 0.249. The fourth-order valence-electron chi connectivity index (χ4n) is 2.19. The van der Waals surface area contributed by atoms with Crippen molar-refractivity contribution < 1.29 is 5.11 Å². The molecule has 1 aromatic rings. The molecule has 0 spiro atoms. The number of nitrogens with two attached hydrogens (primary N) is 1. The molecule has 1 heterocycles. The third-order valence-corrected chi connectivity index (χ3v) is 3.62. The Kier molecular flexibility index (Phi) is 4.14. The first-order valence-corrected chi connectivity index (χ1v) is 6.55. The Morgan fingerprint density at radius 1 is 1.44 bits per heavy atom. The van der Waals surface area contributed by atoms with Gasteiger partial charge in [-0.15, -0.1) is 0 Å². The summed E-state index contributed by atoms with van der Waals surface area (Å²) in [5, 5.41) is 12.6. The van der Waals surface area contributed by atoms with Crippen LogP contribution in [-0.4, -0.2) is 33.8 Å². The van der Waals surface area contributed by atoms with Crippen LogP contribution < -0.4 is 11.1 Å². The van der Waals surface area contributed by atoms with Crippen LogP contribution in [-0.2, 0) is 0 Å². The highest BCUT2D eigenvalue weighted by Gasteiger charge is 2.28. The van der Waals surface area contributed by atoms with Crippen LogP contribution in [0.1, 0.15) is 38.3 Å². The maximum absolute atomic E-state index is 9.31. The number of aliphatic hydroxyl groups is 1. The molecule has 1 aliphatic rings. The molecule has 5 heteroatoms. The number of nitrogens with one attached hydrogen (secondary N) is 1. The average Bonchev–Trinajstić information content (AvgIpc) is 2.32. The smallest absolute Gasteiger partial charge is 0.129 e. The highest BCUT2D eigenvalue weighted by atomic mass is 16.3. The number of rotatable bonds is 5. The fourth-order valence-corrected chi connectivity index (χ4v) is 2.19. The van der Waals surface area contributed by atoms with E-state index in [1.807, 2.05) is 6.07 Å². The zero-order valence-electron chi connectivity index (χ0n) is 11.0. The summed E-state index contributed by atoms with van der Waals surface area (Å²) in [5.74, 6) is 1.61. The predicted octanol–water partition coefficient (Wildman–Crippen LogP) is 1.11. The molecule has 1 atom stereocenters. The summed E-state index contributed by atoms with van der Waals surface area (Å²) < 4.78 is 0. The van der Waals surface area contributed by atoms with Crippen LogP contribution in [0.5, 0.6) is 0 Å². The molecule has 0 aliphatic heterocycles. The van der Waals surface area contributed by atoms with Gasteiger partial charge in [0.15, 0.2) is 0 Å². The van der Waals surface area contributed by atoms with Gasteiger partial charge in [0.05, 0.1) is 12.6 Å². The van der Waals surface area contributed by atoms with Crippen molar-refractivity contribution in [2.45, 2.75) is 44.7 Å². The van der Waals surface area contributed by atoms with E-state index in [1.165, 1.54) is 0 Å². The number of nitrogens with zero attached hydrogens (tertiary/aromatic N) is 2. The number of hydrogen-bond donors (Lipinski definition) is 3. The minimum Gasteiger partial charge on any atom is -0.394 e. The molecule has 1 aliphatic carbocycles. The van der Waals surface area contributed by atoms with E-state index in [4.69, 9.17) is 5.73 Å². The van der Waals surface area contributed by atoms with Crippen LogP contribution in [0, 0.1) is 5.92 Å². The normalized spacial score (nSPS) is 24.7. The highest BCUT2D eigenvalue weighted by molar-refractivity contribution is 5.37. The lowest BCUT2D eigenvalue weighted by Gasteiger charge is -2.32. The second kappa shape index (κ2) is 5.63. The van der Waals surface area contributed by atoms with Gasteiger partial charge in [-0.05, 0) is 18.8 Å². The molecule has 2 rings (SSSR count). The molecule has 1 aromatic heterocycles. The van der Waals surface area contributed by atoms with Gasteiger partial charge >= 0.3 is 0 Å². The SMILES string of the molecule is CC(C)[C@@H](CO)Nc1cc(C2CC(N)C2)ncn1. The molecule has 5 nitrogen and oxygen atoms in total. The number of aromatic nitrogens is 2. The first kappa shape index (κ1) is 13.2. The minimum atomic E-state index is 0.0244. The van der Waals surface area contributed by atoms with Crippen molar-refractivity contribution in [2.24, 2.45) is 11.7 Å². The third-order valence-electron chi connectivity index (χ3n) is 3.62. The molecule has 0 unspecified atom stereocenters. The molecule has 100 valence electrons. The Balaban J connectivity index is 2.03. The number of hydrogen-bond acceptors (Lipinski definition) is 5. The number of anilines is 1. The minimum absolute atomic E-state index is 0.0244. The van der Waals surface area contributed by atoms with Crippen molar-refractivity contribution in [1.29, 1.82) is 0 Å². The zero-order valence-corrected chi connectivity index (χ0v) is 11.0. The molecule has 1 saturated carbocycles. The van der Waals surface area contributed by atoms with Crippen molar-refractivity contribution in [3.05, 3.63) is 18.1 Å². The topological polar surface area (TPSA) is 84.1 Å². The Morgan fingerprint density at radius 2 is 2.17 bits per heavy atom. The largest absolute Gasteiger partial charge is 0.394 e. The quantitative estimate of drug-likeness (QED) is 0.729. The van der Waals surface area contributed by atoms with E-state index in [-0.39, 0.29) is 12.6 Å². The highest BCUT2D eigenvalue weighted by Crippen LogP contribution is 2.34. The molecule has 0 bridgehead atoms. The van der Waals surface area contributed by atoms with Crippen molar-refractivity contribution >= 4 is 5.82 Å². The monoisotopic (exact) mass is 250 g/mol. The van der Waals surface area contributed by atoms with E-state index in [1.54, 1.807) is 6.33 Å². The van der Waals surface area contributed by atoms with Crippen LogP contribution in [0.3, 0.4) is 0 Å². The van der Waals surface area contributed by atoms with Gasteiger partial charge < -0.3 is 16.2 Å². The maximum Gasteiger partial charge on any atom is 0.129 e. The molecule has 1 fully saturated rings. The Hall–Kier alpha value is -1.20.